The van der Waals surface area contributed by atoms with E-state index in [2.05, 4.69) is 10.2 Å². The first-order chi connectivity index (χ1) is 11.6. The number of amides is 1. The summed E-state index contributed by atoms with van der Waals surface area (Å²) in [5.74, 6) is 0.623. The van der Waals surface area contributed by atoms with Gasteiger partial charge in [0.2, 0.25) is 5.91 Å². The fraction of sp³-hybridized carbons (Fsp3) is 0.556. The number of nitrogens with zero attached hydrogens (tertiary/aromatic N) is 1. The van der Waals surface area contributed by atoms with Gasteiger partial charge in [-0.2, -0.15) is 0 Å². The molecule has 24 heavy (non-hydrogen) atoms. The topological polar surface area (TPSA) is 67.9 Å². The smallest absolute Gasteiger partial charge is 0.308 e. The van der Waals surface area contributed by atoms with E-state index < -0.39 is 0 Å². The highest BCUT2D eigenvalue weighted by atomic mass is 16.5. The Balaban J connectivity index is 1.59. The lowest BCUT2D eigenvalue weighted by Gasteiger charge is -2.29. The first-order valence-electron chi connectivity index (χ1n) is 8.35. The van der Waals surface area contributed by atoms with Crippen LogP contribution < -0.4 is 10.1 Å². The van der Waals surface area contributed by atoms with Crippen LogP contribution in [0.2, 0.25) is 0 Å². The Morgan fingerprint density at radius 1 is 1.29 bits per heavy atom. The molecule has 6 nitrogen and oxygen atoms in total. The predicted molar refractivity (Wildman–Crippen MR) is 90.9 cm³/mol. The molecule has 0 saturated carbocycles. The molecule has 1 amide bonds. The van der Waals surface area contributed by atoms with Crippen LogP contribution in [0.1, 0.15) is 18.4 Å². The summed E-state index contributed by atoms with van der Waals surface area (Å²) in [4.78, 5) is 25.5. The van der Waals surface area contributed by atoms with Gasteiger partial charge in [-0.05, 0) is 50.6 Å². The zero-order valence-corrected chi connectivity index (χ0v) is 14.4. The Kier molecular flexibility index (Phi) is 7.06. The maximum atomic E-state index is 11.9. The van der Waals surface area contributed by atoms with Crippen molar-refractivity contribution in [1.29, 1.82) is 0 Å². The van der Waals surface area contributed by atoms with Crippen LogP contribution in [0.15, 0.2) is 24.3 Å². The van der Waals surface area contributed by atoms with Gasteiger partial charge >= 0.3 is 5.97 Å². The average Bonchev–Trinajstić information content (AvgIpc) is 2.59. The third-order valence-electron chi connectivity index (χ3n) is 4.17. The summed E-state index contributed by atoms with van der Waals surface area (Å²) < 4.78 is 10.4. The molecule has 132 valence electrons. The van der Waals surface area contributed by atoms with Gasteiger partial charge < -0.3 is 14.8 Å². The van der Waals surface area contributed by atoms with Crippen LogP contribution in [-0.4, -0.2) is 56.7 Å². The lowest BCUT2D eigenvalue weighted by molar-refractivity contribution is -0.147. The molecule has 2 rings (SSSR count). The number of likely N-dealkylation sites (tertiary alicyclic amines) is 1. The standard InChI is InChI=1S/C18H26N2O4/c1-14-4-3-5-16(12-14)24-11-8-19-17(21)13-20-9-6-15(7-10-20)18(22)23-2/h3-5,12,15H,6-11,13H2,1-2H3,(H,19,21). The van der Waals surface area contributed by atoms with Crippen LogP contribution in [0, 0.1) is 12.8 Å². The molecular weight excluding hydrogens is 308 g/mol. The van der Waals surface area contributed by atoms with Crippen molar-refractivity contribution >= 4 is 11.9 Å². The molecule has 0 atom stereocenters. The van der Waals surface area contributed by atoms with Crippen molar-refractivity contribution in [2.24, 2.45) is 5.92 Å². The van der Waals surface area contributed by atoms with E-state index >= 15 is 0 Å². The number of rotatable bonds is 7. The number of hydrogen-bond donors (Lipinski definition) is 1. The highest BCUT2D eigenvalue weighted by Gasteiger charge is 2.26. The number of carbonyl (C=O) groups excluding carboxylic acids is 2. The number of piperidine rings is 1. The number of hydrogen-bond acceptors (Lipinski definition) is 5. The van der Waals surface area contributed by atoms with Gasteiger partial charge in [0.15, 0.2) is 0 Å². The van der Waals surface area contributed by atoms with Crippen LogP contribution in [-0.2, 0) is 14.3 Å². The summed E-state index contributed by atoms with van der Waals surface area (Å²) in [5.41, 5.74) is 1.15. The minimum atomic E-state index is -0.146. The van der Waals surface area contributed by atoms with E-state index in [1.54, 1.807) is 0 Å². The lowest BCUT2D eigenvalue weighted by Crippen LogP contribution is -2.43. The third-order valence-corrected chi connectivity index (χ3v) is 4.17. The minimum Gasteiger partial charge on any atom is -0.492 e. The normalized spacial score (nSPS) is 15.8. The molecule has 0 spiro atoms. The monoisotopic (exact) mass is 334 g/mol. The summed E-state index contributed by atoms with van der Waals surface area (Å²) in [6, 6.07) is 7.83. The van der Waals surface area contributed by atoms with Gasteiger partial charge in [0.05, 0.1) is 26.1 Å². The van der Waals surface area contributed by atoms with Crippen molar-refractivity contribution in [2.75, 3.05) is 39.9 Å². The molecule has 0 unspecified atom stereocenters. The molecule has 1 aromatic rings. The molecule has 0 aromatic heterocycles. The van der Waals surface area contributed by atoms with Crippen molar-refractivity contribution in [2.45, 2.75) is 19.8 Å². The Morgan fingerprint density at radius 3 is 2.71 bits per heavy atom. The number of aryl methyl sites for hydroxylation is 1. The van der Waals surface area contributed by atoms with Crippen LogP contribution in [0.5, 0.6) is 5.75 Å². The molecule has 1 heterocycles. The fourth-order valence-electron chi connectivity index (χ4n) is 2.82. The molecule has 1 aromatic carbocycles. The average molecular weight is 334 g/mol. The fourth-order valence-corrected chi connectivity index (χ4v) is 2.82. The quantitative estimate of drug-likeness (QED) is 0.603. The van der Waals surface area contributed by atoms with E-state index in [1.807, 2.05) is 31.2 Å². The molecule has 1 saturated heterocycles. The first-order valence-corrected chi connectivity index (χ1v) is 8.35. The van der Waals surface area contributed by atoms with Gasteiger partial charge in [0.1, 0.15) is 12.4 Å². The first kappa shape index (κ1) is 18.3. The zero-order valence-electron chi connectivity index (χ0n) is 14.4. The Hall–Kier alpha value is -2.08. The Labute approximate surface area is 143 Å². The molecule has 0 bridgehead atoms. The number of benzene rings is 1. The van der Waals surface area contributed by atoms with E-state index in [4.69, 9.17) is 9.47 Å². The second-order valence-corrected chi connectivity index (χ2v) is 6.09. The van der Waals surface area contributed by atoms with Crippen molar-refractivity contribution in [1.82, 2.24) is 10.2 Å². The summed E-state index contributed by atoms with van der Waals surface area (Å²) in [5, 5.41) is 2.86. The lowest BCUT2D eigenvalue weighted by atomic mass is 9.97. The molecule has 1 N–H and O–H groups in total. The Morgan fingerprint density at radius 2 is 2.04 bits per heavy atom. The summed E-state index contributed by atoms with van der Waals surface area (Å²) in [6.07, 6.45) is 1.49. The second kappa shape index (κ2) is 9.27. The van der Waals surface area contributed by atoms with Crippen LogP contribution in [0.25, 0.3) is 0 Å². The molecular formula is C18H26N2O4. The van der Waals surface area contributed by atoms with Crippen LogP contribution in [0.4, 0.5) is 0 Å². The zero-order chi connectivity index (χ0) is 17.4. The van der Waals surface area contributed by atoms with Crippen molar-refractivity contribution in [3.63, 3.8) is 0 Å². The van der Waals surface area contributed by atoms with E-state index in [0.29, 0.717) is 19.7 Å². The highest BCUT2D eigenvalue weighted by molar-refractivity contribution is 5.78. The van der Waals surface area contributed by atoms with Gasteiger partial charge in [-0.3, -0.25) is 14.5 Å². The van der Waals surface area contributed by atoms with E-state index in [1.165, 1.54) is 7.11 Å². The second-order valence-electron chi connectivity index (χ2n) is 6.09. The maximum Gasteiger partial charge on any atom is 0.308 e. The number of nitrogens with one attached hydrogen (secondary N) is 1. The van der Waals surface area contributed by atoms with Crippen molar-refractivity contribution < 1.29 is 19.1 Å². The van der Waals surface area contributed by atoms with Crippen LogP contribution in [0.3, 0.4) is 0 Å². The van der Waals surface area contributed by atoms with Crippen molar-refractivity contribution in [3.05, 3.63) is 29.8 Å². The SMILES string of the molecule is COC(=O)C1CCN(CC(=O)NCCOc2cccc(C)c2)CC1. The summed E-state index contributed by atoms with van der Waals surface area (Å²) >= 11 is 0. The number of esters is 1. The maximum absolute atomic E-state index is 11.9. The van der Waals surface area contributed by atoms with Crippen LogP contribution >= 0.6 is 0 Å². The summed E-state index contributed by atoms with van der Waals surface area (Å²) in [6.45, 7) is 4.78. The highest BCUT2D eigenvalue weighted by Crippen LogP contribution is 2.18. The summed E-state index contributed by atoms with van der Waals surface area (Å²) in [7, 11) is 1.42. The minimum absolute atomic E-state index is 0.0145. The molecule has 0 radical (unpaired) electrons. The van der Waals surface area contributed by atoms with E-state index in [9.17, 15) is 9.59 Å². The van der Waals surface area contributed by atoms with Gasteiger partial charge in [0.25, 0.3) is 0 Å². The molecule has 1 aliphatic rings. The van der Waals surface area contributed by atoms with Gasteiger partial charge in [-0.25, -0.2) is 0 Å². The largest absolute Gasteiger partial charge is 0.492 e. The molecule has 6 heteroatoms. The Bertz CT molecular complexity index is 554. The molecule has 1 fully saturated rings. The molecule has 0 aliphatic carbocycles. The predicted octanol–water partition coefficient (Wildman–Crippen LogP) is 1.38. The number of carbonyl (C=O) groups is 2. The number of ether oxygens (including phenoxy) is 2. The van der Waals surface area contributed by atoms with Gasteiger partial charge in [-0.1, -0.05) is 12.1 Å². The molecule has 1 aliphatic heterocycles. The number of methoxy groups -OCH3 is 1. The van der Waals surface area contributed by atoms with Crippen molar-refractivity contribution in [3.8, 4) is 5.75 Å². The third kappa shape index (κ3) is 5.85. The van der Waals surface area contributed by atoms with E-state index in [0.717, 1.165) is 37.2 Å². The van der Waals surface area contributed by atoms with E-state index in [-0.39, 0.29) is 17.8 Å². The van der Waals surface area contributed by atoms with Gasteiger partial charge in [-0.15, -0.1) is 0 Å². The van der Waals surface area contributed by atoms with Gasteiger partial charge in [0, 0.05) is 0 Å².